The van der Waals surface area contributed by atoms with Gasteiger partial charge in [0.2, 0.25) is 3.79 Å². The molecular weight excluding hydrogens is 254 g/mol. The van der Waals surface area contributed by atoms with Crippen molar-refractivity contribution in [3.05, 3.63) is 42.1 Å². The Balaban J connectivity index is 2.37. The molecule has 0 radical (unpaired) electrons. The van der Waals surface area contributed by atoms with Gasteiger partial charge in [-0.1, -0.05) is 65.1 Å². The molecule has 0 unspecified atom stereocenters. The molecule has 1 heterocycles. The number of aromatic amines is 1. The molecule has 0 spiro atoms. The normalized spacial score (nSPS) is 11.7. The Kier molecular flexibility index (Phi) is 2.91. The highest BCUT2D eigenvalue weighted by atomic mass is 35.6. The molecule has 0 bridgehead atoms. The van der Waals surface area contributed by atoms with Crippen molar-refractivity contribution < 1.29 is 0 Å². The van der Waals surface area contributed by atoms with Crippen molar-refractivity contribution in [2.45, 2.75) is 3.79 Å². The van der Waals surface area contributed by atoms with Gasteiger partial charge in [0.1, 0.15) is 0 Å². The lowest BCUT2D eigenvalue weighted by molar-refractivity contribution is 1.00. The van der Waals surface area contributed by atoms with E-state index in [0.717, 1.165) is 11.3 Å². The van der Waals surface area contributed by atoms with E-state index in [1.165, 1.54) is 0 Å². The molecule has 0 fully saturated rings. The summed E-state index contributed by atoms with van der Waals surface area (Å²) in [7, 11) is 0. The summed E-state index contributed by atoms with van der Waals surface area (Å²) in [4.78, 5) is 0. The first-order chi connectivity index (χ1) is 7.07. The largest absolute Gasteiger partial charge is 0.278 e. The van der Waals surface area contributed by atoms with Gasteiger partial charge in [0, 0.05) is 5.56 Å². The fourth-order valence-corrected chi connectivity index (χ4v) is 1.51. The minimum atomic E-state index is -1.46. The smallest absolute Gasteiger partial charge is 0.232 e. The highest BCUT2D eigenvalue weighted by Crippen LogP contribution is 2.38. The molecule has 15 heavy (non-hydrogen) atoms. The summed E-state index contributed by atoms with van der Waals surface area (Å²) in [6, 6.07) is 11.4. The second-order valence-electron chi connectivity index (χ2n) is 3.03. The summed E-state index contributed by atoms with van der Waals surface area (Å²) >= 11 is 17.2. The zero-order valence-corrected chi connectivity index (χ0v) is 9.81. The number of nitrogens with zero attached hydrogens (tertiary/aromatic N) is 1. The Hall–Kier alpha value is -0.700. The Bertz CT molecular complexity index is 445. The van der Waals surface area contributed by atoms with Crippen LogP contribution in [0.2, 0.25) is 0 Å². The Morgan fingerprint density at radius 1 is 1.07 bits per heavy atom. The first-order valence-corrected chi connectivity index (χ1v) is 5.39. The minimum absolute atomic E-state index is 0.464. The standard InChI is InChI=1S/C10H7Cl3N2/c11-10(12,13)9-6-8(14-15-9)7-4-2-1-3-5-7/h1-6H,(H,14,15). The highest BCUT2D eigenvalue weighted by molar-refractivity contribution is 6.66. The van der Waals surface area contributed by atoms with Gasteiger partial charge in [-0.3, -0.25) is 5.10 Å². The van der Waals surface area contributed by atoms with Gasteiger partial charge in [0.25, 0.3) is 0 Å². The van der Waals surface area contributed by atoms with E-state index in [4.69, 9.17) is 34.8 Å². The predicted molar refractivity (Wildman–Crippen MR) is 63.3 cm³/mol. The molecular formula is C10H7Cl3N2. The van der Waals surface area contributed by atoms with Crippen LogP contribution in [0.1, 0.15) is 5.69 Å². The summed E-state index contributed by atoms with van der Waals surface area (Å²) < 4.78 is -1.46. The molecule has 2 aromatic rings. The molecule has 0 saturated heterocycles. The topological polar surface area (TPSA) is 28.7 Å². The van der Waals surface area contributed by atoms with Crippen molar-refractivity contribution in [1.82, 2.24) is 10.2 Å². The third kappa shape index (κ3) is 2.46. The van der Waals surface area contributed by atoms with E-state index in [1.807, 2.05) is 30.3 Å². The lowest BCUT2D eigenvalue weighted by Gasteiger charge is -2.05. The van der Waals surface area contributed by atoms with E-state index in [-0.39, 0.29) is 0 Å². The van der Waals surface area contributed by atoms with Gasteiger partial charge in [-0.25, -0.2) is 0 Å². The molecule has 2 rings (SSSR count). The molecule has 0 aliphatic heterocycles. The molecule has 0 aliphatic carbocycles. The number of nitrogens with one attached hydrogen (secondary N) is 1. The van der Waals surface area contributed by atoms with Gasteiger partial charge in [0.05, 0.1) is 11.4 Å². The van der Waals surface area contributed by atoms with Crippen molar-refractivity contribution in [2.75, 3.05) is 0 Å². The van der Waals surface area contributed by atoms with E-state index in [0.29, 0.717) is 5.69 Å². The van der Waals surface area contributed by atoms with Gasteiger partial charge >= 0.3 is 0 Å². The minimum Gasteiger partial charge on any atom is -0.278 e. The van der Waals surface area contributed by atoms with Gasteiger partial charge in [-0.2, -0.15) is 5.10 Å². The number of hydrogen-bond acceptors (Lipinski definition) is 1. The third-order valence-electron chi connectivity index (χ3n) is 1.95. The maximum atomic E-state index is 5.72. The summed E-state index contributed by atoms with van der Waals surface area (Å²) in [5.41, 5.74) is 2.21. The zero-order chi connectivity index (χ0) is 10.9. The SMILES string of the molecule is ClC(Cl)(Cl)c1cc(-c2ccccc2)n[nH]1. The predicted octanol–water partition coefficient (Wildman–Crippen LogP) is 3.90. The maximum Gasteiger partial charge on any atom is 0.232 e. The summed E-state index contributed by atoms with van der Waals surface area (Å²) in [6.45, 7) is 0. The Morgan fingerprint density at radius 2 is 1.73 bits per heavy atom. The first kappa shape index (κ1) is 10.8. The van der Waals surface area contributed by atoms with Crippen LogP contribution in [-0.4, -0.2) is 10.2 Å². The molecule has 0 atom stereocenters. The molecule has 2 nitrogen and oxygen atoms in total. The molecule has 0 saturated carbocycles. The number of aromatic nitrogens is 2. The van der Waals surface area contributed by atoms with E-state index >= 15 is 0 Å². The Morgan fingerprint density at radius 3 is 2.27 bits per heavy atom. The quantitative estimate of drug-likeness (QED) is 0.775. The van der Waals surface area contributed by atoms with Crippen LogP contribution in [0.25, 0.3) is 11.3 Å². The van der Waals surface area contributed by atoms with Gasteiger partial charge in [0.15, 0.2) is 0 Å². The molecule has 1 aromatic heterocycles. The molecule has 1 aromatic carbocycles. The van der Waals surface area contributed by atoms with Crippen LogP contribution < -0.4 is 0 Å². The summed E-state index contributed by atoms with van der Waals surface area (Å²) in [5, 5.41) is 6.77. The van der Waals surface area contributed by atoms with Gasteiger partial charge in [-0.05, 0) is 6.07 Å². The lowest BCUT2D eigenvalue weighted by Crippen LogP contribution is -1.99. The maximum absolute atomic E-state index is 5.72. The second kappa shape index (κ2) is 4.05. The van der Waals surface area contributed by atoms with Crippen LogP contribution >= 0.6 is 34.8 Å². The van der Waals surface area contributed by atoms with Crippen LogP contribution in [-0.2, 0) is 3.79 Å². The van der Waals surface area contributed by atoms with Crippen LogP contribution in [0.15, 0.2) is 36.4 Å². The van der Waals surface area contributed by atoms with Crippen molar-refractivity contribution in [2.24, 2.45) is 0 Å². The van der Waals surface area contributed by atoms with Crippen LogP contribution in [0.3, 0.4) is 0 Å². The summed E-state index contributed by atoms with van der Waals surface area (Å²) in [6.07, 6.45) is 0. The number of H-pyrrole nitrogens is 1. The van der Waals surface area contributed by atoms with E-state index in [1.54, 1.807) is 6.07 Å². The number of halogens is 3. The molecule has 5 heteroatoms. The van der Waals surface area contributed by atoms with E-state index in [9.17, 15) is 0 Å². The van der Waals surface area contributed by atoms with Gasteiger partial charge < -0.3 is 0 Å². The highest BCUT2D eigenvalue weighted by Gasteiger charge is 2.25. The van der Waals surface area contributed by atoms with Crippen LogP contribution in [0.5, 0.6) is 0 Å². The molecule has 78 valence electrons. The summed E-state index contributed by atoms with van der Waals surface area (Å²) in [5.74, 6) is 0. The Labute approximate surface area is 102 Å². The van der Waals surface area contributed by atoms with Crippen molar-refractivity contribution >= 4 is 34.8 Å². The molecule has 0 amide bonds. The number of hydrogen-bond donors (Lipinski definition) is 1. The second-order valence-corrected chi connectivity index (χ2v) is 5.31. The first-order valence-electron chi connectivity index (χ1n) is 4.25. The van der Waals surface area contributed by atoms with Crippen molar-refractivity contribution in [1.29, 1.82) is 0 Å². The number of alkyl halides is 3. The monoisotopic (exact) mass is 260 g/mol. The molecule has 1 N–H and O–H groups in total. The fourth-order valence-electron chi connectivity index (χ4n) is 1.22. The van der Waals surface area contributed by atoms with E-state index in [2.05, 4.69) is 10.2 Å². The van der Waals surface area contributed by atoms with Crippen molar-refractivity contribution in [3.63, 3.8) is 0 Å². The van der Waals surface area contributed by atoms with Crippen LogP contribution in [0, 0.1) is 0 Å². The van der Waals surface area contributed by atoms with Gasteiger partial charge in [-0.15, -0.1) is 0 Å². The third-order valence-corrected chi connectivity index (χ3v) is 2.56. The van der Waals surface area contributed by atoms with Crippen molar-refractivity contribution in [3.8, 4) is 11.3 Å². The van der Waals surface area contributed by atoms with Crippen LogP contribution in [0.4, 0.5) is 0 Å². The lowest BCUT2D eigenvalue weighted by atomic mass is 10.1. The fraction of sp³-hybridized carbons (Fsp3) is 0.100. The zero-order valence-electron chi connectivity index (χ0n) is 7.55. The number of benzene rings is 1. The number of rotatable bonds is 1. The average Bonchev–Trinajstić information content (AvgIpc) is 2.67. The average molecular weight is 262 g/mol. The molecule has 0 aliphatic rings. The van der Waals surface area contributed by atoms with E-state index < -0.39 is 3.79 Å².